The Morgan fingerprint density at radius 2 is 1.64 bits per heavy atom. The predicted octanol–water partition coefficient (Wildman–Crippen LogP) is 3.35. The molecule has 0 fully saturated rings. The average molecular weight is 286 g/mol. The van der Waals surface area contributed by atoms with Gasteiger partial charge in [-0.3, -0.25) is 9.97 Å². The molecular weight excluding hydrogens is 272 g/mol. The number of nitrogens with two attached hydrogens (primary N) is 1. The summed E-state index contributed by atoms with van der Waals surface area (Å²) in [5.41, 5.74) is 8.91. The van der Waals surface area contributed by atoms with Gasteiger partial charge in [0, 0.05) is 35.3 Å². The number of pyridine rings is 3. The molecule has 4 rings (SSSR count). The highest BCUT2D eigenvalue weighted by Gasteiger charge is 2.11. The Hall–Kier alpha value is -3.01. The van der Waals surface area contributed by atoms with Gasteiger partial charge in [-0.15, -0.1) is 0 Å². The van der Waals surface area contributed by atoms with Crippen molar-refractivity contribution < 1.29 is 0 Å². The summed E-state index contributed by atoms with van der Waals surface area (Å²) >= 11 is 0. The first-order valence-electron chi connectivity index (χ1n) is 7.14. The minimum atomic E-state index is 0.554. The third-order valence-electron chi connectivity index (χ3n) is 3.80. The smallest absolute Gasteiger partial charge is 0.132 e. The second-order valence-electron chi connectivity index (χ2n) is 5.19. The van der Waals surface area contributed by atoms with E-state index in [-0.39, 0.29) is 0 Å². The quantitative estimate of drug-likeness (QED) is 0.574. The molecule has 0 spiro atoms. The zero-order chi connectivity index (χ0) is 14.9. The molecule has 1 aromatic carbocycles. The highest BCUT2D eigenvalue weighted by Crippen LogP contribution is 2.29. The number of aromatic nitrogens is 3. The molecule has 106 valence electrons. The molecular formula is C18H14N4. The number of nitrogen functional groups attached to an aromatic ring is 1. The monoisotopic (exact) mass is 286 g/mol. The maximum atomic E-state index is 6.08. The molecule has 0 radical (unpaired) electrons. The van der Waals surface area contributed by atoms with Crippen molar-refractivity contribution in [3.05, 3.63) is 72.3 Å². The van der Waals surface area contributed by atoms with E-state index in [1.807, 2.05) is 42.5 Å². The van der Waals surface area contributed by atoms with E-state index < -0.39 is 0 Å². The van der Waals surface area contributed by atoms with Crippen molar-refractivity contribution in [3.63, 3.8) is 0 Å². The Morgan fingerprint density at radius 3 is 2.45 bits per heavy atom. The molecule has 0 amide bonds. The van der Waals surface area contributed by atoms with Crippen LogP contribution in [-0.2, 0) is 6.42 Å². The van der Waals surface area contributed by atoms with Gasteiger partial charge in [0.1, 0.15) is 5.82 Å². The van der Waals surface area contributed by atoms with Crippen molar-refractivity contribution in [2.45, 2.75) is 6.42 Å². The Bertz CT molecular complexity index is 964. The summed E-state index contributed by atoms with van der Waals surface area (Å²) in [5.74, 6) is 0.554. The van der Waals surface area contributed by atoms with Crippen molar-refractivity contribution in [1.29, 1.82) is 0 Å². The van der Waals surface area contributed by atoms with E-state index in [2.05, 4.69) is 21.0 Å². The maximum absolute atomic E-state index is 6.08. The lowest BCUT2D eigenvalue weighted by atomic mass is 10.0. The van der Waals surface area contributed by atoms with Gasteiger partial charge in [-0.25, -0.2) is 4.98 Å². The molecule has 4 nitrogen and oxygen atoms in total. The molecule has 0 atom stereocenters. The van der Waals surface area contributed by atoms with Crippen LogP contribution in [-0.4, -0.2) is 15.0 Å². The first kappa shape index (κ1) is 12.7. The molecule has 0 aliphatic rings. The molecule has 0 bridgehead atoms. The fourth-order valence-electron chi connectivity index (χ4n) is 2.80. The van der Waals surface area contributed by atoms with Crippen molar-refractivity contribution in [3.8, 4) is 0 Å². The van der Waals surface area contributed by atoms with Gasteiger partial charge in [-0.2, -0.15) is 0 Å². The SMILES string of the molecule is Nc1nc2ccnc(Cc3ccccn3)c2c2ccccc12. The van der Waals surface area contributed by atoms with Gasteiger partial charge in [0.15, 0.2) is 0 Å². The Balaban J connectivity index is 2.01. The first-order valence-corrected chi connectivity index (χ1v) is 7.14. The van der Waals surface area contributed by atoms with E-state index in [0.29, 0.717) is 12.2 Å². The van der Waals surface area contributed by atoms with Crippen LogP contribution in [0.1, 0.15) is 11.4 Å². The van der Waals surface area contributed by atoms with Gasteiger partial charge in [0.2, 0.25) is 0 Å². The van der Waals surface area contributed by atoms with E-state index in [1.165, 1.54) is 0 Å². The molecule has 0 aliphatic heterocycles. The van der Waals surface area contributed by atoms with E-state index >= 15 is 0 Å². The Kier molecular flexibility index (Phi) is 2.93. The second-order valence-corrected chi connectivity index (χ2v) is 5.19. The van der Waals surface area contributed by atoms with Crippen LogP contribution in [0, 0.1) is 0 Å². The summed E-state index contributed by atoms with van der Waals surface area (Å²) < 4.78 is 0. The van der Waals surface area contributed by atoms with E-state index in [9.17, 15) is 0 Å². The Morgan fingerprint density at radius 1 is 0.818 bits per heavy atom. The predicted molar refractivity (Wildman–Crippen MR) is 88.5 cm³/mol. The number of nitrogens with zero attached hydrogens (tertiary/aromatic N) is 3. The zero-order valence-electron chi connectivity index (χ0n) is 11.9. The molecule has 4 aromatic rings. The largest absolute Gasteiger partial charge is 0.383 e. The van der Waals surface area contributed by atoms with Crippen LogP contribution in [0.2, 0.25) is 0 Å². The average Bonchev–Trinajstić information content (AvgIpc) is 2.56. The fraction of sp³-hybridized carbons (Fsp3) is 0.0556. The van der Waals surface area contributed by atoms with Gasteiger partial charge >= 0.3 is 0 Å². The van der Waals surface area contributed by atoms with Crippen LogP contribution in [0.3, 0.4) is 0 Å². The normalized spacial score (nSPS) is 11.1. The van der Waals surface area contributed by atoms with Crippen LogP contribution >= 0.6 is 0 Å². The highest BCUT2D eigenvalue weighted by atomic mass is 14.8. The van der Waals surface area contributed by atoms with Gasteiger partial charge in [-0.05, 0) is 23.6 Å². The minimum absolute atomic E-state index is 0.554. The molecule has 0 unspecified atom stereocenters. The molecule has 0 saturated carbocycles. The zero-order valence-corrected chi connectivity index (χ0v) is 11.9. The van der Waals surface area contributed by atoms with Crippen molar-refractivity contribution in [2.75, 3.05) is 5.73 Å². The summed E-state index contributed by atoms with van der Waals surface area (Å²) in [6, 6.07) is 15.9. The molecule has 3 heterocycles. The van der Waals surface area contributed by atoms with Gasteiger partial charge in [0.25, 0.3) is 0 Å². The van der Waals surface area contributed by atoms with Crippen LogP contribution < -0.4 is 5.73 Å². The van der Waals surface area contributed by atoms with E-state index in [4.69, 9.17) is 5.73 Å². The number of hydrogen-bond acceptors (Lipinski definition) is 4. The van der Waals surface area contributed by atoms with Crippen molar-refractivity contribution in [1.82, 2.24) is 15.0 Å². The summed E-state index contributed by atoms with van der Waals surface area (Å²) in [6.07, 6.45) is 4.25. The minimum Gasteiger partial charge on any atom is -0.383 e. The van der Waals surface area contributed by atoms with Crippen molar-refractivity contribution >= 4 is 27.5 Å². The number of benzene rings is 1. The number of fused-ring (bicyclic) bond motifs is 3. The number of hydrogen-bond donors (Lipinski definition) is 1. The standard InChI is InChI=1S/C18H14N4/c19-18-14-7-2-1-6-13(14)17-15(22-18)8-10-21-16(17)11-12-5-3-4-9-20-12/h1-10H,11H2,(H2,19,22). The first-order chi connectivity index (χ1) is 10.8. The molecule has 2 N–H and O–H groups in total. The maximum Gasteiger partial charge on any atom is 0.132 e. The van der Waals surface area contributed by atoms with E-state index in [0.717, 1.165) is 33.1 Å². The summed E-state index contributed by atoms with van der Waals surface area (Å²) in [5, 5.41) is 3.10. The fourth-order valence-corrected chi connectivity index (χ4v) is 2.80. The third kappa shape index (κ3) is 2.05. The number of anilines is 1. The summed E-state index contributed by atoms with van der Waals surface area (Å²) in [7, 11) is 0. The Labute approximate surface area is 127 Å². The lowest BCUT2D eigenvalue weighted by molar-refractivity contribution is 1.03. The van der Waals surface area contributed by atoms with Crippen LogP contribution in [0.4, 0.5) is 5.82 Å². The lowest BCUT2D eigenvalue weighted by Gasteiger charge is -2.10. The van der Waals surface area contributed by atoms with E-state index in [1.54, 1.807) is 12.4 Å². The summed E-state index contributed by atoms with van der Waals surface area (Å²) in [4.78, 5) is 13.5. The van der Waals surface area contributed by atoms with Gasteiger partial charge < -0.3 is 5.73 Å². The molecule has 4 heteroatoms. The van der Waals surface area contributed by atoms with Crippen LogP contribution in [0.5, 0.6) is 0 Å². The second kappa shape index (κ2) is 5.07. The lowest BCUT2D eigenvalue weighted by Crippen LogP contribution is -1.99. The molecule has 3 aromatic heterocycles. The van der Waals surface area contributed by atoms with Crippen LogP contribution in [0.25, 0.3) is 21.7 Å². The highest BCUT2D eigenvalue weighted by molar-refractivity contribution is 6.10. The molecule has 0 saturated heterocycles. The topological polar surface area (TPSA) is 64.7 Å². The summed E-state index contributed by atoms with van der Waals surface area (Å²) in [6.45, 7) is 0. The van der Waals surface area contributed by atoms with Gasteiger partial charge in [-0.1, -0.05) is 30.3 Å². The van der Waals surface area contributed by atoms with Gasteiger partial charge in [0.05, 0.1) is 11.2 Å². The van der Waals surface area contributed by atoms with Crippen LogP contribution in [0.15, 0.2) is 60.9 Å². The molecule has 0 aliphatic carbocycles. The number of rotatable bonds is 2. The van der Waals surface area contributed by atoms with Crippen molar-refractivity contribution in [2.24, 2.45) is 0 Å². The third-order valence-corrected chi connectivity index (χ3v) is 3.80. The molecule has 22 heavy (non-hydrogen) atoms.